The summed E-state index contributed by atoms with van der Waals surface area (Å²) in [5.74, 6) is -0.274. The van der Waals surface area contributed by atoms with E-state index in [0.29, 0.717) is 5.56 Å². The van der Waals surface area contributed by atoms with Crippen LogP contribution in [0.3, 0.4) is 0 Å². The Labute approximate surface area is 173 Å². The van der Waals surface area contributed by atoms with Crippen molar-refractivity contribution in [2.45, 2.75) is 6.42 Å². The van der Waals surface area contributed by atoms with Crippen LogP contribution in [0.2, 0.25) is 0 Å². The van der Waals surface area contributed by atoms with Crippen LogP contribution in [0, 0.1) is 17.1 Å². The molecule has 4 nitrogen and oxygen atoms in total. The van der Waals surface area contributed by atoms with Gasteiger partial charge in [-0.3, -0.25) is 0 Å². The number of benzene rings is 2. The monoisotopic (exact) mass is 392 g/mol. The maximum absolute atomic E-state index is 13.3. The van der Waals surface area contributed by atoms with Gasteiger partial charge in [0.25, 0.3) is 0 Å². The average Bonchev–Trinajstić information content (AvgIpc) is 3.29. The molecule has 2 aliphatic rings. The zero-order valence-electron chi connectivity index (χ0n) is 16.0. The molecule has 1 aromatic heterocycles. The highest BCUT2D eigenvalue weighted by Gasteiger charge is 2.21. The smallest absolute Gasteiger partial charge is 0.123 e. The number of allylic oxidation sites excluding steroid dienone is 5. The molecule has 0 amide bonds. The first kappa shape index (κ1) is 17.9. The molecule has 0 fully saturated rings. The van der Waals surface area contributed by atoms with Crippen molar-refractivity contribution in [2.24, 2.45) is 0 Å². The highest BCUT2D eigenvalue weighted by atomic mass is 19.1. The van der Waals surface area contributed by atoms with Gasteiger partial charge < -0.3 is 4.90 Å². The van der Waals surface area contributed by atoms with Crippen LogP contribution in [0.25, 0.3) is 17.0 Å². The number of aromatic nitrogens is 2. The maximum atomic E-state index is 13.3. The molecule has 0 spiro atoms. The van der Waals surface area contributed by atoms with Crippen molar-refractivity contribution < 1.29 is 4.39 Å². The van der Waals surface area contributed by atoms with Gasteiger partial charge in [0.05, 0.1) is 29.2 Å². The largest absolute Gasteiger partial charge is 0.317 e. The molecule has 3 heterocycles. The van der Waals surface area contributed by atoms with E-state index in [4.69, 9.17) is 5.26 Å². The van der Waals surface area contributed by atoms with Crippen molar-refractivity contribution in [2.75, 3.05) is 0 Å². The Bertz CT molecular complexity index is 1270. The van der Waals surface area contributed by atoms with Crippen LogP contribution in [-0.4, -0.2) is 14.7 Å². The summed E-state index contributed by atoms with van der Waals surface area (Å²) in [6.45, 7) is 0. The van der Waals surface area contributed by atoms with Gasteiger partial charge in [0, 0.05) is 23.2 Å². The van der Waals surface area contributed by atoms with E-state index >= 15 is 0 Å². The molecule has 0 atom stereocenters. The summed E-state index contributed by atoms with van der Waals surface area (Å²) in [4.78, 5) is 2.15. The van der Waals surface area contributed by atoms with Crippen molar-refractivity contribution in [3.63, 3.8) is 0 Å². The maximum Gasteiger partial charge on any atom is 0.123 e. The molecule has 0 radical (unpaired) electrons. The molecular formula is C25H17FN4. The quantitative estimate of drug-likeness (QED) is 0.597. The van der Waals surface area contributed by atoms with Gasteiger partial charge >= 0.3 is 0 Å². The topological polar surface area (TPSA) is 44.9 Å². The van der Waals surface area contributed by atoms with Crippen LogP contribution in [-0.2, 0) is 0 Å². The van der Waals surface area contributed by atoms with Crippen LogP contribution in [0.5, 0.6) is 0 Å². The fourth-order valence-corrected chi connectivity index (χ4v) is 3.71. The minimum atomic E-state index is -0.274. The summed E-state index contributed by atoms with van der Waals surface area (Å²) < 4.78 is 15.1. The highest BCUT2D eigenvalue weighted by Crippen LogP contribution is 2.35. The van der Waals surface area contributed by atoms with Gasteiger partial charge in [-0.05, 0) is 66.6 Å². The first-order valence-electron chi connectivity index (χ1n) is 9.63. The number of nitriles is 1. The predicted octanol–water partition coefficient (Wildman–Crippen LogP) is 5.42. The second kappa shape index (κ2) is 7.34. The number of hydrogen-bond acceptors (Lipinski definition) is 3. The molecule has 0 saturated carbocycles. The lowest BCUT2D eigenvalue weighted by Crippen LogP contribution is -2.20. The Balaban J connectivity index is 1.53. The van der Waals surface area contributed by atoms with E-state index in [2.05, 4.69) is 46.6 Å². The molecule has 2 aromatic carbocycles. The molecule has 0 bridgehead atoms. The minimum absolute atomic E-state index is 0.274. The number of rotatable bonds is 3. The Kier molecular flexibility index (Phi) is 4.38. The van der Waals surface area contributed by atoms with Crippen molar-refractivity contribution >= 4 is 11.3 Å². The molecule has 0 aliphatic carbocycles. The summed E-state index contributed by atoms with van der Waals surface area (Å²) in [6, 6.07) is 18.0. The molecule has 0 N–H and O–H groups in total. The third-order valence-electron chi connectivity index (χ3n) is 5.20. The molecule has 30 heavy (non-hydrogen) atoms. The fraction of sp³-hybridized carbons (Fsp3) is 0.0400. The number of hydrogen-bond donors (Lipinski definition) is 0. The van der Waals surface area contributed by atoms with Crippen LogP contribution < -0.4 is 0 Å². The molecular weight excluding hydrogens is 375 g/mol. The van der Waals surface area contributed by atoms with Crippen LogP contribution in [0.1, 0.15) is 23.2 Å². The van der Waals surface area contributed by atoms with Gasteiger partial charge in [-0.15, -0.1) is 0 Å². The van der Waals surface area contributed by atoms with Gasteiger partial charge in [0.1, 0.15) is 5.82 Å². The van der Waals surface area contributed by atoms with Crippen molar-refractivity contribution in [1.29, 1.82) is 5.26 Å². The SMILES string of the molecule is N#Cc1ccc(C2=CCC=C3C=CC(c4ccnn4-c4ccc(F)cc4)=CN32)cc1. The standard InChI is InChI=1S/C25H17FN4/c26-21-9-12-23(13-10-21)30-25(14-15-28-30)20-8-11-22-2-1-3-24(29(22)17-20)19-6-4-18(16-27)5-7-19/h2-15,17H,1H2. The van der Waals surface area contributed by atoms with E-state index in [-0.39, 0.29) is 5.82 Å². The lowest BCUT2D eigenvalue weighted by molar-refractivity contribution is 0.627. The summed E-state index contributed by atoms with van der Waals surface area (Å²) in [5.41, 5.74) is 6.59. The molecule has 3 aromatic rings. The van der Waals surface area contributed by atoms with E-state index < -0.39 is 0 Å². The van der Waals surface area contributed by atoms with Gasteiger partial charge in [-0.1, -0.05) is 24.3 Å². The molecule has 0 unspecified atom stereocenters. The molecule has 5 rings (SSSR count). The molecule has 144 valence electrons. The van der Waals surface area contributed by atoms with Crippen molar-refractivity contribution in [3.05, 3.63) is 120 Å². The minimum Gasteiger partial charge on any atom is -0.317 e. The molecule has 2 aliphatic heterocycles. The van der Waals surface area contributed by atoms with E-state index in [1.807, 2.05) is 30.3 Å². The second-order valence-corrected chi connectivity index (χ2v) is 7.04. The van der Waals surface area contributed by atoms with Gasteiger partial charge in [0.15, 0.2) is 0 Å². The number of nitrogens with zero attached hydrogens (tertiary/aromatic N) is 4. The third-order valence-corrected chi connectivity index (χ3v) is 5.20. The Morgan fingerprint density at radius 1 is 0.933 bits per heavy atom. The molecule has 5 heteroatoms. The zero-order chi connectivity index (χ0) is 20.5. The van der Waals surface area contributed by atoms with Gasteiger partial charge in [0.2, 0.25) is 0 Å². The van der Waals surface area contributed by atoms with E-state index in [9.17, 15) is 4.39 Å². The van der Waals surface area contributed by atoms with E-state index in [0.717, 1.165) is 40.3 Å². The van der Waals surface area contributed by atoms with Crippen molar-refractivity contribution in [1.82, 2.24) is 14.7 Å². The first-order chi connectivity index (χ1) is 14.7. The van der Waals surface area contributed by atoms with Crippen LogP contribution >= 0.6 is 0 Å². The Morgan fingerprint density at radius 2 is 1.73 bits per heavy atom. The van der Waals surface area contributed by atoms with Gasteiger partial charge in [-0.2, -0.15) is 10.4 Å². The van der Waals surface area contributed by atoms with Crippen LogP contribution in [0.4, 0.5) is 4.39 Å². The third kappa shape index (κ3) is 3.15. The highest BCUT2D eigenvalue weighted by molar-refractivity contribution is 5.80. The van der Waals surface area contributed by atoms with Gasteiger partial charge in [-0.25, -0.2) is 9.07 Å². The number of fused-ring (bicyclic) bond motifs is 1. The van der Waals surface area contributed by atoms with E-state index in [1.54, 1.807) is 23.0 Å². The summed E-state index contributed by atoms with van der Waals surface area (Å²) in [7, 11) is 0. The zero-order valence-corrected chi connectivity index (χ0v) is 16.0. The average molecular weight is 392 g/mol. The summed E-state index contributed by atoms with van der Waals surface area (Å²) in [6.07, 6.45) is 13.2. The fourth-order valence-electron chi connectivity index (χ4n) is 3.71. The predicted molar refractivity (Wildman–Crippen MR) is 114 cm³/mol. The second-order valence-electron chi connectivity index (χ2n) is 7.04. The van der Waals surface area contributed by atoms with Crippen molar-refractivity contribution in [3.8, 4) is 11.8 Å². The summed E-state index contributed by atoms with van der Waals surface area (Å²) >= 11 is 0. The van der Waals surface area contributed by atoms with E-state index in [1.165, 1.54) is 12.1 Å². The number of halogens is 1. The van der Waals surface area contributed by atoms with Crippen LogP contribution in [0.15, 0.2) is 97.0 Å². The lowest BCUT2D eigenvalue weighted by Gasteiger charge is -2.31. The lowest BCUT2D eigenvalue weighted by atomic mass is 10.0. The molecule has 0 saturated heterocycles. The summed E-state index contributed by atoms with van der Waals surface area (Å²) in [5, 5.41) is 13.5. The normalized spacial score (nSPS) is 15.1. The Hall–Kier alpha value is -4.17. The Morgan fingerprint density at radius 3 is 2.50 bits per heavy atom. The first-order valence-corrected chi connectivity index (χ1v) is 9.63.